The third-order valence-electron chi connectivity index (χ3n) is 2.25. The molecule has 1 N–H and O–H groups in total. The van der Waals surface area contributed by atoms with Crippen molar-refractivity contribution in [1.29, 1.82) is 0 Å². The van der Waals surface area contributed by atoms with Crippen LogP contribution in [0.4, 0.5) is 10.1 Å². The minimum atomic E-state index is -4.12. The normalized spacial score (nSPS) is 11.4. The minimum Gasteiger partial charge on any atom is -0.276 e. The first-order valence-corrected chi connectivity index (χ1v) is 8.11. The topological polar surface area (TPSA) is 59.1 Å². The number of pyridine rings is 1. The largest absolute Gasteiger partial charge is 0.276 e. The third kappa shape index (κ3) is 3.22. The van der Waals surface area contributed by atoms with E-state index >= 15 is 0 Å². The van der Waals surface area contributed by atoms with Crippen LogP contribution in [-0.2, 0) is 10.0 Å². The number of rotatable bonds is 3. The Morgan fingerprint density at radius 1 is 1.25 bits per heavy atom. The van der Waals surface area contributed by atoms with E-state index in [0.29, 0.717) is 4.47 Å². The molecule has 0 radical (unpaired) electrons. The Morgan fingerprint density at radius 3 is 2.40 bits per heavy atom. The molecule has 106 valence electrons. The van der Waals surface area contributed by atoms with Crippen LogP contribution in [-0.4, -0.2) is 13.4 Å². The van der Waals surface area contributed by atoms with E-state index in [1.54, 1.807) is 0 Å². The zero-order chi connectivity index (χ0) is 14.9. The molecule has 0 atom stereocenters. The lowest BCUT2D eigenvalue weighted by Crippen LogP contribution is -2.15. The summed E-state index contributed by atoms with van der Waals surface area (Å²) in [5.74, 6) is -0.805. The molecule has 0 saturated heterocycles. The van der Waals surface area contributed by atoms with E-state index in [4.69, 9.17) is 23.2 Å². The van der Waals surface area contributed by atoms with Crippen LogP contribution in [0.1, 0.15) is 0 Å². The number of hydrogen-bond donors (Lipinski definition) is 1. The van der Waals surface area contributed by atoms with Gasteiger partial charge in [-0.15, -0.1) is 0 Å². The molecule has 4 nitrogen and oxygen atoms in total. The maximum absolute atomic E-state index is 13.4. The van der Waals surface area contributed by atoms with Crippen LogP contribution in [0.25, 0.3) is 0 Å². The summed E-state index contributed by atoms with van der Waals surface area (Å²) in [6.45, 7) is 0. The molecule has 1 aromatic carbocycles. The van der Waals surface area contributed by atoms with Crippen molar-refractivity contribution in [2.75, 3.05) is 4.72 Å². The molecule has 0 unspecified atom stereocenters. The average Bonchev–Trinajstić information content (AvgIpc) is 2.30. The maximum atomic E-state index is 13.4. The van der Waals surface area contributed by atoms with Gasteiger partial charge in [0, 0.05) is 10.7 Å². The highest BCUT2D eigenvalue weighted by molar-refractivity contribution is 9.10. The number of sulfonamides is 1. The standard InChI is InChI=1S/C11H6BrCl2FN2O2S/c12-6-3-7(13)11(8(14)4-6)20(18,19)17-10-1-2-16-5-9(10)15/h1-5H,(H,16,17). The number of nitrogens with zero attached hydrogens (tertiary/aromatic N) is 1. The molecule has 0 spiro atoms. The number of hydrogen-bond acceptors (Lipinski definition) is 3. The van der Waals surface area contributed by atoms with Gasteiger partial charge in [-0.2, -0.15) is 0 Å². The van der Waals surface area contributed by atoms with E-state index in [0.717, 1.165) is 6.20 Å². The van der Waals surface area contributed by atoms with Gasteiger partial charge in [-0.1, -0.05) is 39.1 Å². The fourth-order valence-electron chi connectivity index (χ4n) is 1.44. The van der Waals surface area contributed by atoms with Crippen molar-refractivity contribution in [3.05, 3.63) is 50.9 Å². The molecule has 1 aromatic heterocycles. The molecular weight excluding hydrogens is 394 g/mol. The molecule has 0 aliphatic rings. The molecule has 0 saturated carbocycles. The van der Waals surface area contributed by atoms with Crippen LogP contribution in [0.5, 0.6) is 0 Å². The zero-order valence-corrected chi connectivity index (χ0v) is 13.5. The Balaban J connectivity index is 2.50. The second-order valence-electron chi connectivity index (χ2n) is 3.66. The summed E-state index contributed by atoms with van der Waals surface area (Å²) in [6, 6.07) is 3.95. The van der Waals surface area contributed by atoms with Crippen molar-refractivity contribution in [3.8, 4) is 0 Å². The van der Waals surface area contributed by atoms with Gasteiger partial charge in [0.2, 0.25) is 0 Å². The molecule has 9 heteroatoms. The lowest BCUT2D eigenvalue weighted by atomic mass is 10.4. The van der Waals surface area contributed by atoms with Crippen LogP contribution in [0.2, 0.25) is 10.0 Å². The molecule has 0 amide bonds. The number of aromatic nitrogens is 1. The smallest absolute Gasteiger partial charge is 0.264 e. The first-order valence-electron chi connectivity index (χ1n) is 5.08. The van der Waals surface area contributed by atoms with Crippen molar-refractivity contribution < 1.29 is 12.8 Å². The number of anilines is 1. The summed E-state index contributed by atoms with van der Waals surface area (Å²) in [7, 11) is -4.12. The van der Waals surface area contributed by atoms with Gasteiger partial charge in [0.15, 0.2) is 5.82 Å². The van der Waals surface area contributed by atoms with E-state index in [1.165, 1.54) is 24.4 Å². The number of nitrogens with one attached hydrogen (secondary N) is 1. The van der Waals surface area contributed by atoms with Gasteiger partial charge in [0.25, 0.3) is 10.0 Å². The van der Waals surface area contributed by atoms with E-state index in [1.807, 2.05) is 0 Å². The Labute approximate surface area is 133 Å². The van der Waals surface area contributed by atoms with Crippen LogP contribution in [0.3, 0.4) is 0 Å². The molecule has 20 heavy (non-hydrogen) atoms. The van der Waals surface area contributed by atoms with Crippen LogP contribution in [0.15, 0.2) is 40.0 Å². The van der Waals surface area contributed by atoms with E-state index in [-0.39, 0.29) is 20.6 Å². The second kappa shape index (κ2) is 5.85. The summed E-state index contributed by atoms with van der Waals surface area (Å²) in [6.07, 6.45) is 2.15. The van der Waals surface area contributed by atoms with Crippen molar-refractivity contribution in [2.45, 2.75) is 4.90 Å². The predicted octanol–water partition coefficient (Wildman–Crippen LogP) is 4.09. The van der Waals surface area contributed by atoms with Gasteiger partial charge < -0.3 is 0 Å². The van der Waals surface area contributed by atoms with Crippen molar-refractivity contribution >= 4 is 54.8 Å². The van der Waals surface area contributed by atoms with E-state index in [9.17, 15) is 12.8 Å². The van der Waals surface area contributed by atoms with Gasteiger partial charge in [0.1, 0.15) is 4.90 Å². The van der Waals surface area contributed by atoms with Gasteiger partial charge in [-0.05, 0) is 18.2 Å². The van der Waals surface area contributed by atoms with Crippen molar-refractivity contribution in [2.24, 2.45) is 0 Å². The lowest BCUT2D eigenvalue weighted by molar-refractivity contribution is 0.598. The van der Waals surface area contributed by atoms with E-state index < -0.39 is 15.8 Å². The molecule has 2 aromatic rings. The summed E-state index contributed by atoms with van der Waals surface area (Å²) >= 11 is 14.9. The van der Waals surface area contributed by atoms with Gasteiger partial charge in [-0.25, -0.2) is 12.8 Å². The average molecular weight is 400 g/mol. The summed E-state index contributed by atoms with van der Waals surface area (Å²) in [4.78, 5) is 3.21. The quantitative estimate of drug-likeness (QED) is 0.845. The monoisotopic (exact) mass is 398 g/mol. The fraction of sp³-hybridized carbons (Fsp3) is 0. The zero-order valence-electron chi connectivity index (χ0n) is 9.57. The van der Waals surface area contributed by atoms with Crippen LogP contribution < -0.4 is 4.72 Å². The van der Waals surface area contributed by atoms with Crippen LogP contribution >= 0.6 is 39.1 Å². The lowest BCUT2D eigenvalue weighted by Gasteiger charge is -2.11. The molecule has 2 rings (SSSR count). The predicted molar refractivity (Wildman–Crippen MR) is 79.2 cm³/mol. The first kappa shape index (κ1) is 15.5. The molecular formula is C11H6BrCl2FN2O2S. The Bertz CT molecular complexity index is 748. The summed E-state index contributed by atoms with van der Waals surface area (Å²) in [5.41, 5.74) is -0.241. The Kier molecular flexibility index (Phi) is 4.53. The molecule has 0 aliphatic heterocycles. The first-order chi connectivity index (χ1) is 9.31. The minimum absolute atomic E-state index is 0.0775. The van der Waals surface area contributed by atoms with Crippen molar-refractivity contribution in [3.63, 3.8) is 0 Å². The molecule has 1 heterocycles. The van der Waals surface area contributed by atoms with Gasteiger partial charge >= 0.3 is 0 Å². The highest BCUT2D eigenvalue weighted by atomic mass is 79.9. The van der Waals surface area contributed by atoms with Crippen LogP contribution in [0, 0.1) is 5.82 Å². The van der Waals surface area contributed by atoms with Gasteiger partial charge in [0.05, 0.1) is 21.9 Å². The van der Waals surface area contributed by atoms with Crippen molar-refractivity contribution in [1.82, 2.24) is 4.98 Å². The molecule has 0 bridgehead atoms. The second-order valence-corrected chi connectivity index (χ2v) is 7.01. The maximum Gasteiger partial charge on any atom is 0.264 e. The number of benzene rings is 1. The highest BCUT2D eigenvalue weighted by Crippen LogP contribution is 2.34. The third-order valence-corrected chi connectivity index (χ3v) is 4.99. The number of halogens is 4. The highest BCUT2D eigenvalue weighted by Gasteiger charge is 2.23. The Morgan fingerprint density at radius 2 is 1.85 bits per heavy atom. The van der Waals surface area contributed by atoms with E-state index in [2.05, 4.69) is 25.6 Å². The summed E-state index contributed by atoms with van der Waals surface area (Å²) in [5, 5.41) is -0.155. The molecule has 0 aliphatic carbocycles. The summed E-state index contributed by atoms with van der Waals surface area (Å²) < 4.78 is 40.5. The Hall–Kier alpha value is -0.890. The fourth-order valence-corrected chi connectivity index (χ4v) is 4.45. The molecule has 0 fully saturated rings. The van der Waals surface area contributed by atoms with Gasteiger partial charge in [-0.3, -0.25) is 9.71 Å². The SMILES string of the molecule is O=S(=O)(Nc1ccncc1F)c1c(Cl)cc(Br)cc1Cl.